The average Bonchev–Trinajstić information content (AvgIpc) is 2.08. The Morgan fingerprint density at radius 1 is 1.44 bits per heavy atom. The molecule has 1 N–H and O–H groups in total. The minimum Gasteiger partial charge on any atom is -0.444 e. The van der Waals surface area contributed by atoms with E-state index in [1.165, 1.54) is 12.3 Å². The number of rotatable bonds is 1. The minimum absolute atomic E-state index is 0.191. The van der Waals surface area contributed by atoms with Crippen LogP contribution in [0.1, 0.15) is 20.8 Å². The van der Waals surface area contributed by atoms with Gasteiger partial charge >= 0.3 is 6.09 Å². The van der Waals surface area contributed by atoms with Crippen molar-refractivity contribution < 1.29 is 9.53 Å². The second-order valence-electron chi connectivity index (χ2n) is 4.12. The lowest BCUT2D eigenvalue weighted by Crippen LogP contribution is -2.27. The number of halogens is 2. The zero-order valence-corrected chi connectivity index (χ0v) is 10.7. The highest BCUT2D eigenvalue weighted by Crippen LogP contribution is 2.22. The number of carbonyl (C=O) groups excluding carboxylic acids is 1. The third-order valence-electron chi connectivity index (χ3n) is 1.44. The molecule has 0 fully saturated rings. The Morgan fingerprint density at radius 3 is 2.56 bits per heavy atom. The van der Waals surface area contributed by atoms with Crippen LogP contribution in [0.4, 0.5) is 10.5 Å². The van der Waals surface area contributed by atoms with Gasteiger partial charge in [-0.05, 0) is 26.8 Å². The van der Waals surface area contributed by atoms with E-state index in [9.17, 15) is 4.79 Å². The monoisotopic (exact) mass is 262 g/mol. The summed E-state index contributed by atoms with van der Waals surface area (Å²) in [5.41, 5.74) is -0.114. The number of nitrogens with zero attached hydrogens (tertiary/aromatic N) is 1. The summed E-state index contributed by atoms with van der Waals surface area (Å²) in [7, 11) is 0. The highest BCUT2D eigenvalue weighted by molar-refractivity contribution is 6.41. The third-order valence-corrected chi connectivity index (χ3v) is 2.13. The first-order valence-electron chi connectivity index (χ1n) is 4.59. The lowest BCUT2D eigenvalue weighted by molar-refractivity contribution is 0.0636. The van der Waals surface area contributed by atoms with Gasteiger partial charge in [-0.15, -0.1) is 0 Å². The molecule has 0 aliphatic rings. The van der Waals surface area contributed by atoms with Crippen LogP contribution in [0.5, 0.6) is 0 Å². The van der Waals surface area contributed by atoms with E-state index in [4.69, 9.17) is 27.9 Å². The molecular formula is C10H12Cl2N2O2. The molecule has 0 aromatic carbocycles. The lowest BCUT2D eigenvalue weighted by atomic mass is 10.2. The summed E-state index contributed by atoms with van der Waals surface area (Å²) in [6.45, 7) is 5.33. The van der Waals surface area contributed by atoms with Gasteiger partial charge in [-0.3, -0.25) is 5.32 Å². The predicted molar refractivity (Wildman–Crippen MR) is 64.1 cm³/mol. The molecule has 0 aliphatic carbocycles. The first kappa shape index (κ1) is 13.1. The number of ether oxygens (including phenoxy) is 1. The quantitative estimate of drug-likeness (QED) is 0.785. The molecule has 1 rings (SSSR count). The van der Waals surface area contributed by atoms with Crippen LogP contribution in [0.25, 0.3) is 0 Å². The molecule has 0 spiro atoms. The van der Waals surface area contributed by atoms with E-state index >= 15 is 0 Å². The van der Waals surface area contributed by atoms with Crippen molar-refractivity contribution >= 4 is 35.0 Å². The molecular weight excluding hydrogens is 251 g/mol. The summed E-state index contributed by atoms with van der Waals surface area (Å²) in [4.78, 5) is 15.2. The number of anilines is 1. The zero-order valence-electron chi connectivity index (χ0n) is 9.17. The molecule has 0 bridgehead atoms. The lowest BCUT2D eigenvalue weighted by Gasteiger charge is -2.19. The van der Waals surface area contributed by atoms with Crippen molar-refractivity contribution in [1.82, 2.24) is 4.98 Å². The van der Waals surface area contributed by atoms with Crippen LogP contribution >= 0.6 is 23.2 Å². The summed E-state index contributed by atoms with van der Waals surface area (Å²) in [6, 6.07) is 1.50. The van der Waals surface area contributed by atoms with Crippen LogP contribution in [0.2, 0.25) is 10.2 Å². The van der Waals surface area contributed by atoms with Crippen molar-refractivity contribution in [3.8, 4) is 0 Å². The summed E-state index contributed by atoms with van der Waals surface area (Å²) in [5.74, 6) is 0. The number of amides is 1. The Labute approximate surface area is 104 Å². The van der Waals surface area contributed by atoms with Crippen LogP contribution in [0.3, 0.4) is 0 Å². The Kier molecular flexibility index (Phi) is 3.99. The number of nitrogens with one attached hydrogen (secondary N) is 1. The largest absolute Gasteiger partial charge is 0.444 e. The second kappa shape index (κ2) is 4.89. The van der Waals surface area contributed by atoms with Gasteiger partial charge in [0, 0.05) is 0 Å². The van der Waals surface area contributed by atoms with Gasteiger partial charge in [0.1, 0.15) is 10.8 Å². The van der Waals surface area contributed by atoms with E-state index in [-0.39, 0.29) is 10.2 Å². The Balaban J connectivity index is 2.67. The summed E-state index contributed by atoms with van der Waals surface area (Å²) in [6.07, 6.45) is 0.839. The van der Waals surface area contributed by atoms with E-state index in [0.717, 1.165) is 0 Å². The first-order valence-corrected chi connectivity index (χ1v) is 5.34. The SMILES string of the molecule is CC(C)(C)OC(=O)Nc1cnc(Cl)c(Cl)c1. The first-order chi connectivity index (χ1) is 7.28. The number of pyridine rings is 1. The van der Waals surface area contributed by atoms with Crippen LogP contribution in [0.15, 0.2) is 12.3 Å². The molecule has 1 aromatic rings. The topological polar surface area (TPSA) is 51.2 Å². The molecule has 0 unspecified atom stereocenters. The average molecular weight is 263 g/mol. The minimum atomic E-state index is -0.562. The number of aromatic nitrogens is 1. The molecule has 6 heteroatoms. The van der Waals surface area contributed by atoms with Gasteiger partial charge in [-0.1, -0.05) is 23.2 Å². The molecule has 1 aromatic heterocycles. The van der Waals surface area contributed by atoms with Crippen molar-refractivity contribution in [3.63, 3.8) is 0 Å². The molecule has 0 saturated heterocycles. The summed E-state index contributed by atoms with van der Waals surface area (Å²) < 4.78 is 5.06. The molecule has 0 radical (unpaired) electrons. The van der Waals surface area contributed by atoms with Crippen molar-refractivity contribution in [2.45, 2.75) is 26.4 Å². The van der Waals surface area contributed by atoms with Gasteiger partial charge in [0.15, 0.2) is 0 Å². The fourth-order valence-electron chi connectivity index (χ4n) is 0.911. The van der Waals surface area contributed by atoms with Crippen LogP contribution in [-0.2, 0) is 4.74 Å². The molecule has 88 valence electrons. The van der Waals surface area contributed by atoms with Crippen molar-refractivity contribution in [1.29, 1.82) is 0 Å². The molecule has 16 heavy (non-hydrogen) atoms. The number of hydrogen-bond acceptors (Lipinski definition) is 3. The summed E-state index contributed by atoms with van der Waals surface area (Å²) in [5, 5.41) is 2.96. The number of hydrogen-bond donors (Lipinski definition) is 1. The Bertz CT molecular complexity index is 402. The molecule has 4 nitrogen and oxygen atoms in total. The standard InChI is InChI=1S/C10H12Cl2N2O2/c1-10(2,3)16-9(15)14-6-4-7(11)8(12)13-5-6/h4-5H,1-3H3,(H,14,15). The van der Waals surface area contributed by atoms with Crippen molar-refractivity contribution in [2.75, 3.05) is 5.32 Å². The maximum absolute atomic E-state index is 11.4. The van der Waals surface area contributed by atoms with Crippen LogP contribution in [0, 0.1) is 0 Å². The van der Waals surface area contributed by atoms with E-state index in [1.807, 2.05) is 0 Å². The molecule has 1 amide bonds. The highest BCUT2D eigenvalue weighted by Gasteiger charge is 2.16. The van der Waals surface area contributed by atoms with Crippen molar-refractivity contribution in [3.05, 3.63) is 22.4 Å². The Morgan fingerprint density at radius 2 is 2.06 bits per heavy atom. The second-order valence-corrected chi connectivity index (χ2v) is 4.89. The van der Waals surface area contributed by atoms with E-state index in [1.54, 1.807) is 20.8 Å². The molecule has 0 aliphatic heterocycles. The van der Waals surface area contributed by atoms with Gasteiger partial charge in [0.25, 0.3) is 0 Å². The van der Waals surface area contributed by atoms with E-state index < -0.39 is 11.7 Å². The maximum atomic E-state index is 11.4. The number of carbonyl (C=O) groups is 1. The van der Waals surface area contributed by atoms with Gasteiger partial charge in [-0.25, -0.2) is 9.78 Å². The van der Waals surface area contributed by atoms with E-state index in [2.05, 4.69) is 10.3 Å². The van der Waals surface area contributed by atoms with Gasteiger partial charge in [0.2, 0.25) is 0 Å². The maximum Gasteiger partial charge on any atom is 0.412 e. The van der Waals surface area contributed by atoms with Crippen LogP contribution in [-0.4, -0.2) is 16.7 Å². The van der Waals surface area contributed by atoms with Gasteiger partial charge in [-0.2, -0.15) is 0 Å². The molecule has 0 saturated carbocycles. The van der Waals surface area contributed by atoms with Gasteiger partial charge < -0.3 is 4.74 Å². The smallest absolute Gasteiger partial charge is 0.412 e. The Hall–Kier alpha value is -1.000. The molecule has 1 heterocycles. The highest BCUT2D eigenvalue weighted by atomic mass is 35.5. The zero-order chi connectivity index (χ0) is 12.3. The third kappa shape index (κ3) is 4.24. The predicted octanol–water partition coefficient (Wildman–Crippen LogP) is 3.74. The van der Waals surface area contributed by atoms with Gasteiger partial charge in [0.05, 0.1) is 16.9 Å². The summed E-state index contributed by atoms with van der Waals surface area (Å²) >= 11 is 11.4. The molecule has 0 atom stereocenters. The fourth-order valence-corrected chi connectivity index (χ4v) is 1.18. The van der Waals surface area contributed by atoms with Crippen LogP contribution < -0.4 is 5.32 Å². The fraction of sp³-hybridized carbons (Fsp3) is 0.400. The van der Waals surface area contributed by atoms with E-state index in [0.29, 0.717) is 5.69 Å². The van der Waals surface area contributed by atoms with Crippen molar-refractivity contribution in [2.24, 2.45) is 0 Å². The normalized spacial score (nSPS) is 11.1.